The van der Waals surface area contributed by atoms with Gasteiger partial charge in [0, 0.05) is 16.9 Å². The SMILES string of the molecule is CC(C)=C1[C@H]2C=C[C@H]1[C@@H]1C(=O)N(c3cc(Cl)ccc3C)C(=O)[C@H]12. The van der Waals surface area contributed by atoms with E-state index >= 15 is 0 Å². The molecule has 1 saturated carbocycles. The van der Waals surface area contributed by atoms with Crippen LogP contribution in [0.15, 0.2) is 41.5 Å². The number of aryl methyl sites for hydroxylation is 1. The first-order chi connectivity index (χ1) is 10.9. The Bertz CT molecular complexity index is 770. The predicted octanol–water partition coefficient (Wildman–Crippen LogP) is 3.91. The summed E-state index contributed by atoms with van der Waals surface area (Å²) in [5.41, 5.74) is 4.01. The lowest BCUT2D eigenvalue weighted by molar-refractivity contribution is -0.122. The Morgan fingerprint density at radius 3 is 2.13 bits per heavy atom. The van der Waals surface area contributed by atoms with Crippen LogP contribution in [0.1, 0.15) is 19.4 Å². The molecule has 4 atom stereocenters. The number of nitrogens with zero attached hydrogens (tertiary/aromatic N) is 1. The van der Waals surface area contributed by atoms with Crippen molar-refractivity contribution in [3.05, 3.63) is 52.1 Å². The normalized spacial score (nSPS) is 31.3. The fraction of sp³-hybridized carbons (Fsp3) is 0.368. The van der Waals surface area contributed by atoms with Gasteiger partial charge >= 0.3 is 0 Å². The molecule has 1 aliphatic heterocycles. The molecule has 0 unspecified atom stereocenters. The molecule has 2 fully saturated rings. The summed E-state index contributed by atoms with van der Waals surface area (Å²) in [7, 11) is 0. The van der Waals surface area contributed by atoms with E-state index in [2.05, 4.69) is 26.0 Å². The van der Waals surface area contributed by atoms with Gasteiger partial charge in [-0.1, -0.05) is 41.0 Å². The molecule has 118 valence electrons. The van der Waals surface area contributed by atoms with Crippen molar-refractivity contribution in [2.45, 2.75) is 20.8 Å². The van der Waals surface area contributed by atoms with Crippen LogP contribution < -0.4 is 4.90 Å². The molecule has 1 saturated heterocycles. The number of rotatable bonds is 1. The maximum atomic E-state index is 13.0. The van der Waals surface area contributed by atoms with Crippen LogP contribution in [-0.4, -0.2) is 11.8 Å². The van der Waals surface area contributed by atoms with Crippen molar-refractivity contribution >= 4 is 29.1 Å². The van der Waals surface area contributed by atoms with Gasteiger partial charge in [-0.2, -0.15) is 0 Å². The molecule has 0 radical (unpaired) electrons. The van der Waals surface area contributed by atoms with E-state index in [-0.39, 0.29) is 35.5 Å². The maximum absolute atomic E-state index is 13.0. The first kappa shape index (κ1) is 14.7. The zero-order valence-corrected chi connectivity index (χ0v) is 14.1. The van der Waals surface area contributed by atoms with E-state index in [4.69, 9.17) is 11.6 Å². The van der Waals surface area contributed by atoms with Gasteiger partial charge in [-0.05, 0) is 38.5 Å². The molecule has 3 nitrogen and oxygen atoms in total. The lowest BCUT2D eigenvalue weighted by atomic mass is 9.85. The molecular formula is C19H18ClNO2. The van der Waals surface area contributed by atoms with Gasteiger partial charge in [0.05, 0.1) is 17.5 Å². The highest BCUT2D eigenvalue weighted by Crippen LogP contribution is 2.57. The lowest BCUT2D eigenvalue weighted by Crippen LogP contribution is -2.33. The Morgan fingerprint density at radius 2 is 1.61 bits per heavy atom. The van der Waals surface area contributed by atoms with Crippen LogP contribution in [0.5, 0.6) is 0 Å². The van der Waals surface area contributed by atoms with Crippen molar-refractivity contribution < 1.29 is 9.59 Å². The number of imide groups is 1. The Morgan fingerprint density at radius 1 is 1.04 bits per heavy atom. The third-order valence-corrected chi connectivity index (χ3v) is 5.64. The fourth-order valence-corrected chi connectivity index (χ4v) is 4.66. The van der Waals surface area contributed by atoms with E-state index in [1.807, 2.05) is 13.0 Å². The largest absolute Gasteiger partial charge is 0.274 e. The summed E-state index contributed by atoms with van der Waals surface area (Å²) < 4.78 is 0. The molecule has 3 aliphatic rings. The number of halogens is 1. The van der Waals surface area contributed by atoms with Gasteiger partial charge in [-0.15, -0.1) is 0 Å². The van der Waals surface area contributed by atoms with Crippen molar-refractivity contribution in [3.8, 4) is 0 Å². The number of benzene rings is 1. The van der Waals surface area contributed by atoms with Crippen molar-refractivity contribution in [2.75, 3.05) is 4.90 Å². The molecule has 0 N–H and O–H groups in total. The second-order valence-corrected chi connectivity index (χ2v) is 7.32. The molecule has 4 rings (SSSR count). The molecule has 1 aromatic rings. The lowest BCUT2D eigenvalue weighted by Gasteiger charge is -2.21. The highest BCUT2D eigenvalue weighted by Gasteiger charge is 2.62. The molecular weight excluding hydrogens is 310 g/mol. The number of hydrogen-bond donors (Lipinski definition) is 0. The number of amides is 2. The molecule has 0 spiro atoms. The summed E-state index contributed by atoms with van der Waals surface area (Å²) in [4.78, 5) is 27.4. The van der Waals surface area contributed by atoms with Crippen LogP contribution in [0.2, 0.25) is 5.02 Å². The highest BCUT2D eigenvalue weighted by atomic mass is 35.5. The van der Waals surface area contributed by atoms with Crippen LogP contribution in [-0.2, 0) is 9.59 Å². The molecule has 2 bridgehead atoms. The number of fused-ring (bicyclic) bond motifs is 5. The van der Waals surface area contributed by atoms with Crippen molar-refractivity contribution in [1.82, 2.24) is 0 Å². The number of carbonyl (C=O) groups excluding carboxylic acids is 2. The van der Waals surface area contributed by atoms with E-state index < -0.39 is 0 Å². The van der Waals surface area contributed by atoms with Gasteiger partial charge in [0.25, 0.3) is 0 Å². The minimum Gasteiger partial charge on any atom is -0.274 e. The summed E-state index contributed by atoms with van der Waals surface area (Å²) in [6.45, 7) is 6.03. The smallest absolute Gasteiger partial charge is 0.238 e. The van der Waals surface area contributed by atoms with Crippen LogP contribution in [0.25, 0.3) is 0 Å². The minimum atomic E-state index is -0.249. The van der Waals surface area contributed by atoms with Crippen molar-refractivity contribution in [3.63, 3.8) is 0 Å². The molecule has 1 aromatic carbocycles. The molecule has 2 aliphatic carbocycles. The van der Waals surface area contributed by atoms with E-state index in [1.165, 1.54) is 16.0 Å². The third-order valence-electron chi connectivity index (χ3n) is 5.41. The summed E-state index contributed by atoms with van der Waals surface area (Å²) in [6.07, 6.45) is 4.21. The van der Waals surface area contributed by atoms with E-state index in [0.717, 1.165) is 5.56 Å². The average molecular weight is 328 g/mol. The summed E-state index contributed by atoms with van der Waals surface area (Å²) in [6, 6.07) is 5.34. The quantitative estimate of drug-likeness (QED) is 0.579. The van der Waals surface area contributed by atoms with E-state index in [9.17, 15) is 9.59 Å². The Balaban J connectivity index is 1.80. The summed E-state index contributed by atoms with van der Waals surface area (Å²) in [5, 5.41) is 0.536. The number of allylic oxidation sites excluding steroid dienone is 4. The number of hydrogen-bond acceptors (Lipinski definition) is 2. The number of carbonyl (C=O) groups is 2. The van der Waals surface area contributed by atoms with E-state index in [0.29, 0.717) is 10.7 Å². The zero-order chi connectivity index (χ0) is 16.5. The van der Waals surface area contributed by atoms with Crippen LogP contribution in [0.3, 0.4) is 0 Å². The predicted molar refractivity (Wildman–Crippen MR) is 90.2 cm³/mol. The third kappa shape index (κ3) is 1.83. The zero-order valence-electron chi connectivity index (χ0n) is 13.3. The second-order valence-electron chi connectivity index (χ2n) is 6.89. The Hall–Kier alpha value is -1.87. The second kappa shape index (κ2) is 4.81. The number of anilines is 1. The van der Waals surface area contributed by atoms with Crippen molar-refractivity contribution in [2.24, 2.45) is 23.7 Å². The van der Waals surface area contributed by atoms with Crippen LogP contribution in [0, 0.1) is 30.6 Å². The molecule has 23 heavy (non-hydrogen) atoms. The molecule has 2 amide bonds. The van der Waals surface area contributed by atoms with Gasteiger partial charge < -0.3 is 0 Å². The molecule has 0 aromatic heterocycles. The van der Waals surface area contributed by atoms with Gasteiger partial charge in [0.15, 0.2) is 0 Å². The van der Waals surface area contributed by atoms with Gasteiger partial charge in [0.2, 0.25) is 11.8 Å². The standard InChI is InChI=1S/C19H18ClNO2/c1-9(2)15-12-6-7-13(15)17-16(12)18(22)21(19(17)23)14-8-11(20)5-4-10(14)3/h4-8,12-13,16-17H,1-3H3/t12-,13-,16+,17+/m1/s1. The minimum absolute atomic E-state index is 0.0796. The Kier molecular flexibility index (Phi) is 3.08. The average Bonchev–Trinajstić information content (AvgIpc) is 3.13. The van der Waals surface area contributed by atoms with Crippen LogP contribution in [0.4, 0.5) is 5.69 Å². The van der Waals surface area contributed by atoms with Crippen LogP contribution >= 0.6 is 11.6 Å². The first-order valence-electron chi connectivity index (χ1n) is 7.91. The monoisotopic (exact) mass is 327 g/mol. The maximum Gasteiger partial charge on any atom is 0.238 e. The summed E-state index contributed by atoms with van der Waals surface area (Å²) in [5.74, 6) is -0.504. The van der Waals surface area contributed by atoms with Gasteiger partial charge in [-0.25, -0.2) is 4.90 Å². The van der Waals surface area contributed by atoms with Gasteiger partial charge in [0.1, 0.15) is 0 Å². The molecule has 1 heterocycles. The fourth-order valence-electron chi connectivity index (χ4n) is 4.49. The van der Waals surface area contributed by atoms with Crippen molar-refractivity contribution in [1.29, 1.82) is 0 Å². The topological polar surface area (TPSA) is 37.4 Å². The van der Waals surface area contributed by atoms with E-state index in [1.54, 1.807) is 12.1 Å². The first-order valence-corrected chi connectivity index (χ1v) is 8.29. The molecule has 4 heteroatoms. The Labute approximate surface area is 140 Å². The highest BCUT2D eigenvalue weighted by molar-refractivity contribution is 6.31. The van der Waals surface area contributed by atoms with Gasteiger partial charge in [-0.3, -0.25) is 9.59 Å². The summed E-state index contributed by atoms with van der Waals surface area (Å²) >= 11 is 6.08.